The summed E-state index contributed by atoms with van der Waals surface area (Å²) in [5.41, 5.74) is 5.34. The fraction of sp³-hybridized carbons (Fsp3) is 0.154. The van der Waals surface area contributed by atoms with Crippen LogP contribution in [-0.2, 0) is 10.2 Å². The Labute approximate surface area is 278 Å². The number of nitrogens with one attached hydrogen (secondary N) is 2. The lowest BCUT2D eigenvalue weighted by molar-refractivity contribution is -0.384. The van der Waals surface area contributed by atoms with Gasteiger partial charge in [0.1, 0.15) is 0 Å². The van der Waals surface area contributed by atoms with Gasteiger partial charge in [-0.05, 0) is 75.2 Å². The molecule has 0 saturated heterocycles. The van der Waals surface area contributed by atoms with Gasteiger partial charge >= 0.3 is 5.97 Å². The third-order valence-corrected chi connectivity index (χ3v) is 8.04. The Bertz CT molecular complexity index is 1950. The molecule has 242 valence electrons. The number of nitro benzene ring substituents is 1. The van der Waals surface area contributed by atoms with E-state index in [-0.39, 0.29) is 28.8 Å². The molecule has 0 aliphatic carbocycles. The molecule has 0 spiro atoms. The lowest BCUT2D eigenvalue weighted by Gasteiger charge is -2.20. The molecule has 1 unspecified atom stereocenters. The van der Waals surface area contributed by atoms with E-state index in [1.807, 2.05) is 54.6 Å². The normalized spacial score (nSPS) is 11.7. The molecule has 5 rings (SSSR count). The van der Waals surface area contributed by atoms with Crippen molar-refractivity contribution in [1.29, 1.82) is 0 Å². The third kappa shape index (κ3) is 8.00. The van der Waals surface area contributed by atoms with E-state index in [1.54, 1.807) is 54.6 Å². The van der Waals surface area contributed by atoms with E-state index in [1.165, 1.54) is 12.1 Å². The molecular formula is C39H35N3O6. The van der Waals surface area contributed by atoms with Gasteiger partial charge in [0.25, 0.3) is 17.5 Å². The van der Waals surface area contributed by atoms with Gasteiger partial charge in [-0.2, -0.15) is 0 Å². The van der Waals surface area contributed by atoms with Crippen LogP contribution in [0.2, 0.25) is 0 Å². The first-order valence-electron chi connectivity index (χ1n) is 15.4. The number of amides is 2. The minimum Gasteiger partial charge on any atom is -0.481 e. The van der Waals surface area contributed by atoms with Gasteiger partial charge in [0.05, 0.1) is 28.6 Å². The Morgan fingerprint density at radius 2 is 1.29 bits per heavy atom. The minimum absolute atomic E-state index is 0.0760. The van der Waals surface area contributed by atoms with Crippen molar-refractivity contribution in [2.75, 3.05) is 5.32 Å². The molecule has 48 heavy (non-hydrogen) atoms. The second-order valence-corrected chi connectivity index (χ2v) is 12.5. The van der Waals surface area contributed by atoms with E-state index in [0.29, 0.717) is 22.3 Å². The average Bonchev–Trinajstić information content (AvgIpc) is 3.08. The Balaban J connectivity index is 1.48. The van der Waals surface area contributed by atoms with Gasteiger partial charge in [0.15, 0.2) is 0 Å². The summed E-state index contributed by atoms with van der Waals surface area (Å²) in [5.74, 6) is -2.12. The lowest BCUT2D eigenvalue weighted by atomic mass is 9.86. The molecule has 5 aromatic rings. The van der Waals surface area contributed by atoms with Gasteiger partial charge in [0.2, 0.25) is 0 Å². The first kappa shape index (κ1) is 33.3. The Hall–Kier alpha value is -6.09. The molecule has 0 fully saturated rings. The highest BCUT2D eigenvalue weighted by Crippen LogP contribution is 2.30. The number of nitro groups is 1. The SMILES string of the molecule is CC(C)(C)c1ccc(C(=O)Nc2ccc(-c3ccc([N+](=O)[O-])cc3)cc2C(=O)NC(CC(=O)O)c2ccc(-c3ccccc3)cc2)cc1. The minimum atomic E-state index is -1.10. The van der Waals surface area contributed by atoms with Crippen molar-refractivity contribution >= 4 is 29.2 Å². The van der Waals surface area contributed by atoms with E-state index < -0.39 is 28.7 Å². The topological polar surface area (TPSA) is 139 Å². The van der Waals surface area contributed by atoms with E-state index in [0.717, 1.165) is 16.7 Å². The molecule has 9 nitrogen and oxygen atoms in total. The summed E-state index contributed by atoms with van der Waals surface area (Å²) in [4.78, 5) is 49.9. The highest BCUT2D eigenvalue weighted by atomic mass is 16.6. The molecule has 5 aromatic carbocycles. The predicted molar refractivity (Wildman–Crippen MR) is 186 cm³/mol. The van der Waals surface area contributed by atoms with E-state index in [2.05, 4.69) is 31.4 Å². The third-order valence-electron chi connectivity index (χ3n) is 8.04. The largest absolute Gasteiger partial charge is 0.481 e. The van der Waals surface area contributed by atoms with Crippen LogP contribution in [0.15, 0.2) is 121 Å². The molecule has 9 heteroatoms. The first-order chi connectivity index (χ1) is 22.9. The number of carbonyl (C=O) groups excluding carboxylic acids is 2. The zero-order chi connectivity index (χ0) is 34.4. The van der Waals surface area contributed by atoms with Crippen LogP contribution >= 0.6 is 0 Å². The van der Waals surface area contributed by atoms with Crippen molar-refractivity contribution in [2.45, 2.75) is 38.6 Å². The van der Waals surface area contributed by atoms with Crippen molar-refractivity contribution in [3.05, 3.63) is 154 Å². The zero-order valence-electron chi connectivity index (χ0n) is 26.8. The van der Waals surface area contributed by atoms with Gasteiger partial charge in [-0.1, -0.05) is 93.6 Å². The van der Waals surface area contributed by atoms with Crippen LogP contribution in [0.3, 0.4) is 0 Å². The van der Waals surface area contributed by atoms with Gasteiger partial charge in [-0.25, -0.2) is 0 Å². The number of rotatable bonds is 10. The number of nitrogens with zero attached hydrogens (tertiary/aromatic N) is 1. The molecule has 0 heterocycles. The molecule has 0 bridgehead atoms. The summed E-state index contributed by atoms with van der Waals surface area (Å²) in [6.45, 7) is 6.23. The highest BCUT2D eigenvalue weighted by Gasteiger charge is 2.23. The number of carboxylic acid groups (broad SMARTS) is 1. The summed E-state index contributed by atoms with van der Waals surface area (Å²) < 4.78 is 0. The van der Waals surface area contributed by atoms with Crippen molar-refractivity contribution in [3.63, 3.8) is 0 Å². The van der Waals surface area contributed by atoms with Crippen LogP contribution in [0, 0.1) is 10.1 Å². The molecule has 2 amide bonds. The van der Waals surface area contributed by atoms with Crippen molar-refractivity contribution in [2.24, 2.45) is 0 Å². The number of carbonyl (C=O) groups is 3. The maximum Gasteiger partial charge on any atom is 0.305 e. The molecule has 3 N–H and O–H groups in total. The maximum absolute atomic E-state index is 14.0. The van der Waals surface area contributed by atoms with E-state index >= 15 is 0 Å². The second kappa shape index (κ2) is 14.1. The Morgan fingerprint density at radius 3 is 1.88 bits per heavy atom. The number of hydrogen-bond acceptors (Lipinski definition) is 5. The van der Waals surface area contributed by atoms with E-state index in [4.69, 9.17) is 0 Å². The fourth-order valence-electron chi connectivity index (χ4n) is 5.31. The lowest BCUT2D eigenvalue weighted by Crippen LogP contribution is -2.31. The number of benzene rings is 5. The monoisotopic (exact) mass is 641 g/mol. The van der Waals surface area contributed by atoms with Gasteiger partial charge in [-0.15, -0.1) is 0 Å². The molecular weight excluding hydrogens is 606 g/mol. The molecule has 0 radical (unpaired) electrons. The maximum atomic E-state index is 14.0. The summed E-state index contributed by atoms with van der Waals surface area (Å²) in [6, 6.07) is 34.1. The number of aliphatic carboxylic acids is 1. The van der Waals surface area contributed by atoms with E-state index in [9.17, 15) is 29.6 Å². The highest BCUT2D eigenvalue weighted by molar-refractivity contribution is 6.09. The van der Waals surface area contributed by atoms with Crippen LogP contribution < -0.4 is 10.6 Å². The van der Waals surface area contributed by atoms with Gasteiger partial charge < -0.3 is 15.7 Å². The summed E-state index contributed by atoms with van der Waals surface area (Å²) in [7, 11) is 0. The number of anilines is 1. The molecule has 1 atom stereocenters. The summed E-state index contributed by atoms with van der Waals surface area (Å²) in [6.07, 6.45) is -0.375. The Morgan fingerprint density at radius 1 is 0.729 bits per heavy atom. The molecule has 0 saturated carbocycles. The first-order valence-corrected chi connectivity index (χ1v) is 15.4. The zero-order valence-corrected chi connectivity index (χ0v) is 26.8. The van der Waals surface area contributed by atoms with Crippen LogP contribution in [0.4, 0.5) is 11.4 Å². The summed E-state index contributed by atoms with van der Waals surface area (Å²) >= 11 is 0. The quantitative estimate of drug-likeness (QED) is 0.103. The van der Waals surface area contributed by atoms with Crippen molar-refractivity contribution in [3.8, 4) is 22.3 Å². The molecule has 0 aliphatic rings. The number of hydrogen-bond donors (Lipinski definition) is 3. The van der Waals surface area contributed by atoms with Gasteiger partial charge in [0, 0.05) is 17.7 Å². The average molecular weight is 642 g/mol. The molecule has 0 aromatic heterocycles. The van der Waals surface area contributed by atoms with Crippen molar-refractivity contribution in [1.82, 2.24) is 5.32 Å². The van der Waals surface area contributed by atoms with Crippen LogP contribution in [0.25, 0.3) is 22.3 Å². The van der Waals surface area contributed by atoms with Crippen LogP contribution in [-0.4, -0.2) is 27.8 Å². The fourth-order valence-corrected chi connectivity index (χ4v) is 5.31. The van der Waals surface area contributed by atoms with Crippen LogP contribution in [0.5, 0.6) is 0 Å². The summed E-state index contributed by atoms with van der Waals surface area (Å²) in [5, 5.41) is 26.6. The Kier molecular flexibility index (Phi) is 9.80. The second-order valence-electron chi connectivity index (χ2n) is 12.5. The van der Waals surface area contributed by atoms with Crippen molar-refractivity contribution < 1.29 is 24.4 Å². The number of carboxylic acids is 1. The predicted octanol–water partition coefficient (Wildman–Crippen LogP) is 8.42. The smallest absolute Gasteiger partial charge is 0.305 e. The van der Waals surface area contributed by atoms with Crippen LogP contribution in [0.1, 0.15) is 65.1 Å². The van der Waals surface area contributed by atoms with Gasteiger partial charge in [-0.3, -0.25) is 24.5 Å². The molecule has 0 aliphatic heterocycles. The standard InChI is InChI=1S/C39H35N3O6/c1-39(2,3)31-18-13-29(14-19-31)37(45)40-34-22-17-30(27-15-20-32(21-16-27)42(47)48)23-33(34)38(46)41-35(24-36(43)44)28-11-9-26(10-12-28)25-7-5-4-6-8-25/h4-23,35H,24H2,1-3H3,(H,40,45)(H,41,46)(H,43,44). The number of non-ortho nitro benzene ring substituents is 1.